The highest BCUT2D eigenvalue weighted by Gasteiger charge is 2.24. The smallest absolute Gasteiger partial charge is 0.129 e. The molecule has 5 rings (SSSR count). The topological polar surface area (TPSA) is 41.5 Å². The molecule has 0 fully saturated rings. The van der Waals surface area contributed by atoms with E-state index >= 15 is 0 Å². The lowest BCUT2D eigenvalue weighted by Gasteiger charge is -2.25. The Kier molecular flexibility index (Phi) is 5.78. The second-order valence-electron chi connectivity index (χ2n) is 7.99. The number of anilines is 1. The van der Waals surface area contributed by atoms with Crippen molar-refractivity contribution >= 4 is 17.4 Å². The van der Waals surface area contributed by atoms with E-state index < -0.39 is 0 Å². The van der Waals surface area contributed by atoms with Crippen molar-refractivity contribution in [3.8, 4) is 11.5 Å². The van der Waals surface area contributed by atoms with Crippen LogP contribution in [0.2, 0.25) is 0 Å². The molecular weight excluding hydrogens is 414 g/mol. The number of fused-ring (bicyclic) bond motifs is 2. The number of nitrogens with one attached hydrogen (secondary N) is 1. The Balaban J connectivity index is 1.48. The molecule has 2 N–H and O–H groups in total. The highest BCUT2D eigenvalue weighted by Crippen LogP contribution is 2.48. The second-order valence-corrected chi connectivity index (χ2v) is 9.01. The summed E-state index contributed by atoms with van der Waals surface area (Å²) in [5, 5.41) is 14.1. The molecule has 160 valence electrons. The van der Waals surface area contributed by atoms with Gasteiger partial charge in [0, 0.05) is 23.5 Å². The van der Waals surface area contributed by atoms with E-state index in [2.05, 4.69) is 59.9 Å². The van der Waals surface area contributed by atoms with Crippen molar-refractivity contribution in [2.45, 2.75) is 29.2 Å². The molecule has 0 unspecified atom stereocenters. The van der Waals surface area contributed by atoms with Crippen molar-refractivity contribution in [1.82, 2.24) is 0 Å². The summed E-state index contributed by atoms with van der Waals surface area (Å²) in [6, 6.07) is 29.0. The Morgan fingerprint density at radius 3 is 2.44 bits per heavy atom. The number of methoxy groups -OCH3 is 1. The maximum atomic E-state index is 10.5. The fraction of sp³-hybridized carbons (Fsp3) is 0.143. The van der Waals surface area contributed by atoms with Crippen molar-refractivity contribution in [2.75, 3.05) is 12.4 Å². The first-order valence-corrected chi connectivity index (χ1v) is 11.6. The third-order valence-electron chi connectivity index (χ3n) is 5.87. The van der Waals surface area contributed by atoms with Gasteiger partial charge in [-0.3, -0.25) is 0 Å². The van der Waals surface area contributed by atoms with E-state index in [4.69, 9.17) is 4.74 Å². The molecule has 4 aromatic carbocycles. The fourth-order valence-corrected chi connectivity index (χ4v) is 5.39. The van der Waals surface area contributed by atoms with E-state index in [1.807, 2.05) is 24.3 Å². The van der Waals surface area contributed by atoms with Crippen molar-refractivity contribution < 1.29 is 9.84 Å². The minimum atomic E-state index is 0.361. The summed E-state index contributed by atoms with van der Waals surface area (Å²) in [7, 11) is 1.68. The number of aromatic hydroxyl groups is 1. The van der Waals surface area contributed by atoms with Crippen LogP contribution in [0.5, 0.6) is 11.5 Å². The number of hydrogen-bond donors (Lipinski definition) is 2. The van der Waals surface area contributed by atoms with Crippen molar-refractivity contribution in [3.05, 3.63) is 113 Å². The molecular formula is C28H25NO2S. The molecule has 0 amide bonds. The van der Waals surface area contributed by atoms with E-state index in [-0.39, 0.29) is 0 Å². The first kappa shape index (κ1) is 20.5. The van der Waals surface area contributed by atoms with Crippen LogP contribution in [0.25, 0.3) is 0 Å². The summed E-state index contributed by atoms with van der Waals surface area (Å²) in [6.07, 6.45) is 1.68. The highest BCUT2D eigenvalue weighted by atomic mass is 32.2. The van der Waals surface area contributed by atoms with Crippen LogP contribution in [0.1, 0.15) is 27.8 Å². The van der Waals surface area contributed by atoms with Gasteiger partial charge in [-0.1, -0.05) is 72.4 Å². The van der Waals surface area contributed by atoms with E-state index in [9.17, 15) is 5.11 Å². The number of ether oxygens (including phenoxy) is 1. The molecule has 0 bridgehead atoms. The lowest BCUT2D eigenvalue weighted by molar-refractivity contribution is 0.414. The Morgan fingerprint density at radius 1 is 0.844 bits per heavy atom. The van der Waals surface area contributed by atoms with Crippen LogP contribution in [0.15, 0.2) is 94.7 Å². The van der Waals surface area contributed by atoms with Gasteiger partial charge in [0.25, 0.3) is 0 Å². The molecule has 0 radical (unpaired) electrons. The summed E-state index contributed by atoms with van der Waals surface area (Å²) >= 11 is 1.69. The molecule has 0 atom stereocenters. The van der Waals surface area contributed by atoms with Gasteiger partial charge >= 0.3 is 0 Å². The predicted octanol–water partition coefficient (Wildman–Crippen LogP) is 6.66. The van der Waals surface area contributed by atoms with Crippen LogP contribution in [-0.4, -0.2) is 12.2 Å². The SMILES string of the molecule is COc1ccc(CNc2ccc(Cc3ccccc3)c3c2Cc2cccc(O)c2S3)cc1. The zero-order chi connectivity index (χ0) is 21.9. The Bertz CT molecular complexity index is 1240. The lowest BCUT2D eigenvalue weighted by atomic mass is 9.96. The first-order valence-electron chi connectivity index (χ1n) is 10.8. The summed E-state index contributed by atoms with van der Waals surface area (Å²) in [5.41, 5.74) is 7.41. The summed E-state index contributed by atoms with van der Waals surface area (Å²) in [4.78, 5) is 2.23. The number of phenolic OH excluding ortho intramolecular Hbond substituents is 1. The Hall–Kier alpha value is -3.37. The van der Waals surface area contributed by atoms with Gasteiger partial charge in [0.05, 0.1) is 12.0 Å². The maximum Gasteiger partial charge on any atom is 0.129 e. The number of rotatable bonds is 6. The normalized spacial score (nSPS) is 12.0. The largest absolute Gasteiger partial charge is 0.507 e. The molecule has 4 aromatic rings. The van der Waals surface area contributed by atoms with Crippen LogP contribution in [0.4, 0.5) is 5.69 Å². The molecule has 1 heterocycles. The van der Waals surface area contributed by atoms with Gasteiger partial charge in [0.2, 0.25) is 0 Å². The van der Waals surface area contributed by atoms with Gasteiger partial charge in [-0.15, -0.1) is 0 Å². The van der Waals surface area contributed by atoms with Crippen LogP contribution in [0.3, 0.4) is 0 Å². The zero-order valence-electron chi connectivity index (χ0n) is 18.0. The molecule has 32 heavy (non-hydrogen) atoms. The van der Waals surface area contributed by atoms with Gasteiger partial charge in [-0.25, -0.2) is 0 Å². The third-order valence-corrected chi connectivity index (χ3v) is 7.26. The van der Waals surface area contributed by atoms with E-state index in [0.29, 0.717) is 5.75 Å². The van der Waals surface area contributed by atoms with Crippen molar-refractivity contribution in [2.24, 2.45) is 0 Å². The third kappa shape index (κ3) is 4.19. The minimum Gasteiger partial charge on any atom is -0.507 e. The van der Waals surface area contributed by atoms with Crippen molar-refractivity contribution in [3.63, 3.8) is 0 Å². The summed E-state index contributed by atoms with van der Waals surface area (Å²) < 4.78 is 5.27. The van der Waals surface area contributed by atoms with E-state index in [0.717, 1.165) is 35.7 Å². The Labute approximate surface area is 193 Å². The van der Waals surface area contributed by atoms with Crippen molar-refractivity contribution in [1.29, 1.82) is 0 Å². The lowest BCUT2D eigenvalue weighted by Crippen LogP contribution is -2.09. The zero-order valence-corrected chi connectivity index (χ0v) is 18.8. The predicted molar refractivity (Wildman–Crippen MR) is 131 cm³/mol. The molecule has 4 heteroatoms. The van der Waals surface area contributed by atoms with Crippen LogP contribution < -0.4 is 10.1 Å². The number of benzene rings is 4. The molecule has 3 nitrogen and oxygen atoms in total. The standard InChI is InChI=1S/C28H25NO2S/c1-31-23-13-10-20(11-14-23)18-29-25-15-12-22(16-19-6-3-2-4-7-19)27-24(25)17-21-8-5-9-26(30)28(21)32-27/h2-15,29-30H,16-18H2,1H3. The first-order chi connectivity index (χ1) is 15.7. The minimum absolute atomic E-state index is 0.361. The van der Waals surface area contributed by atoms with Crippen LogP contribution in [0, 0.1) is 0 Å². The van der Waals surface area contributed by atoms with Gasteiger partial charge in [-0.05, 0) is 58.5 Å². The molecule has 0 aromatic heterocycles. The molecule has 0 aliphatic carbocycles. The van der Waals surface area contributed by atoms with E-state index in [1.54, 1.807) is 24.9 Å². The molecule has 1 aliphatic heterocycles. The second kappa shape index (κ2) is 9.01. The average Bonchev–Trinajstić information content (AvgIpc) is 2.84. The quantitative estimate of drug-likeness (QED) is 0.310. The van der Waals surface area contributed by atoms with Gasteiger partial charge < -0.3 is 15.2 Å². The highest BCUT2D eigenvalue weighted by molar-refractivity contribution is 7.99. The van der Waals surface area contributed by atoms with Crippen LogP contribution >= 0.6 is 11.8 Å². The van der Waals surface area contributed by atoms with Gasteiger partial charge in [0.1, 0.15) is 11.5 Å². The summed E-state index contributed by atoms with van der Waals surface area (Å²) in [5.74, 6) is 1.23. The number of phenols is 1. The molecule has 0 spiro atoms. The number of hydrogen-bond acceptors (Lipinski definition) is 4. The van der Waals surface area contributed by atoms with Gasteiger partial charge in [0.15, 0.2) is 0 Å². The maximum absolute atomic E-state index is 10.5. The molecule has 1 aliphatic rings. The monoisotopic (exact) mass is 439 g/mol. The average molecular weight is 440 g/mol. The van der Waals surface area contributed by atoms with E-state index in [1.165, 1.54) is 32.7 Å². The summed E-state index contributed by atoms with van der Waals surface area (Å²) in [6.45, 7) is 0.742. The van der Waals surface area contributed by atoms with Crippen LogP contribution in [-0.2, 0) is 19.4 Å². The molecule has 0 saturated heterocycles. The Morgan fingerprint density at radius 2 is 1.66 bits per heavy atom. The molecule has 0 saturated carbocycles. The fourth-order valence-electron chi connectivity index (χ4n) is 4.16. The van der Waals surface area contributed by atoms with Gasteiger partial charge in [-0.2, -0.15) is 0 Å².